The monoisotopic (exact) mass is 443 g/mol. The molecule has 0 amide bonds. The lowest BCUT2D eigenvalue weighted by Crippen LogP contribution is -2.41. The summed E-state index contributed by atoms with van der Waals surface area (Å²) in [6, 6.07) is 5.92. The van der Waals surface area contributed by atoms with E-state index in [1.807, 2.05) is 0 Å². The Bertz CT molecular complexity index is 1050. The van der Waals surface area contributed by atoms with E-state index in [1.165, 1.54) is 6.92 Å². The van der Waals surface area contributed by atoms with E-state index in [4.69, 9.17) is 0 Å². The number of ketones is 1. The molecule has 1 fully saturated rings. The summed E-state index contributed by atoms with van der Waals surface area (Å²) >= 11 is 0. The lowest BCUT2D eigenvalue weighted by atomic mass is 9.95. The molecule has 2 aromatic rings. The summed E-state index contributed by atoms with van der Waals surface area (Å²) in [6.07, 6.45) is 3.46. The molecule has 0 aromatic heterocycles. The molecule has 0 unspecified atom stereocenters. The molecule has 0 atom stereocenters. The van der Waals surface area contributed by atoms with Crippen LogP contribution >= 0.6 is 0 Å². The predicted octanol–water partition coefficient (Wildman–Crippen LogP) is 4.97. The fourth-order valence-corrected chi connectivity index (χ4v) is 5.41. The topological polar surface area (TPSA) is 54.5 Å². The maximum atomic E-state index is 14.3. The second-order valence-corrected chi connectivity index (χ2v) is 9.25. The number of rotatable bonds is 6. The van der Waals surface area contributed by atoms with Crippen molar-refractivity contribution in [1.29, 1.82) is 0 Å². The van der Waals surface area contributed by atoms with Crippen LogP contribution in [0.1, 0.15) is 54.9 Å². The van der Waals surface area contributed by atoms with Crippen molar-refractivity contribution in [3.8, 4) is 0 Å². The van der Waals surface area contributed by atoms with Gasteiger partial charge >= 0.3 is 0 Å². The molecule has 0 saturated heterocycles. The smallest absolute Gasteiger partial charge is 0.246 e. The van der Waals surface area contributed by atoms with Crippen LogP contribution in [-0.2, 0) is 16.6 Å². The third-order valence-electron chi connectivity index (χ3n) is 5.34. The van der Waals surface area contributed by atoms with Crippen LogP contribution in [0, 0.1) is 23.3 Å². The minimum absolute atomic E-state index is 0.155. The van der Waals surface area contributed by atoms with Gasteiger partial charge in [-0.1, -0.05) is 43.5 Å². The van der Waals surface area contributed by atoms with Crippen LogP contribution in [0.3, 0.4) is 0 Å². The van der Waals surface area contributed by atoms with E-state index < -0.39 is 44.2 Å². The van der Waals surface area contributed by atoms with Crippen LogP contribution in [0.2, 0.25) is 0 Å². The molecular formula is C21H21F4NO3S. The molecule has 162 valence electrons. The van der Waals surface area contributed by atoms with E-state index in [9.17, 15) is 30.8 Å². The number of hydrogen-bond donors (Lipinski definition) is 0. The van der Waals surface area contributed by atoms with E-state index >= 15 is 0 Å². The van der Waals surface area contributed by atoms with Gasteiger partial charge in [-0.3, -0.25) is 4.79 Å². The first-order chi connectivity index (χ1) is 14.1. The van der Waals surface area contributed by atoms with Gasteiger partial charge < -0.3 is 0 Å². The summed E-state index contributed by atoms with van der Waals surface area (Å²) in [5.41, 5.74) is 0.970. The molecule has 0 spiro atoms. The summed E-state index contributed by atoms with van der Waals surface area (Å²) in [7, 11) is -4.67. The molecule has 0 heterocycles. The zero-order chi connectivity index (χ0) is 22.1. The van der Waals surface area contributed by atoms with Gasteiger partial charge in [-0.15, -0.1) is 0 Å². The normalized spacial score (nSPS) is 15.5. The van der Waals surface area contributed by atoms with Crippen molar-refractivity contribution < 1.29 is 30.8 Å². The van der Waals surface area contributed by atoms with Gasteiger partial charge in [0.1, 0.15) is 4.90 Å². The van der Waals surface area contributed by atoms with Crippen molar-refractivity contribution in [1.82, 2.24) is 4.31 Å². The van der Waals surface area contributed by atoms with E-state index in [0.29, 0.717) is 24.0 Å². The fraction of sp³-hybridized carbons (Fsp3) is 0.381. The van der Waals surface area contributed by atoms with Crippen molar-refractivity contribution in [3.05, 3.63) is 64.7 Å². The second-order valence-electron chi connectivity index (χ2n) is 7.39. The maximum absolute atomic E-state index is 14.3. The summed E-state index contributed by atoms with van der Waals surface area (Å²) in [5, 5.41) is 0. The molecule has 30 heavy (non-hydrogen) atoms. The summed E-state index contributed by atoms with van der Waals surface area (Å²) in [6.45, 7) is 1.22. The van der Waals surface area contributed by atoms with Crippen LogP contribution < -0.4 is 0 Å². The highest BCUT2D eigenvalue weighted by Gasteiger charge is 2.36. The molecule has 3 rings (SSSR count). The first kappa shape index (κ1) is 22.4. The first-order valence-electron chi connectivity index (χ1n) is 9.57. The van der Waals surface area contributed by atoms with Crippen LogP contribution in [0.15, 0.2) is 35.2 Å². The number of carbonyl (C=O) groups is 1. The molecule has 0 aliphatic heterocycles. The Hall–Kier alpha value is -2.26. The molecule has 0 N–H and O–H groups in total. The van der Waals surface area contributed by atoms with Crippen molar-refractivity contribution >= 4 is 15.8 Å². The largest absolute Gasteiger partial charge is 0.295 e. The van der Waals surface area contributed by atoms with Gasteiger partial charge in [0, 0.05) is 24.2 Å². The van der Waals surface area contributed by atoms with Crippen LogP contribution in [0.5, 0.6) is 0 Å². The SMILES string of the molecule is CC(=O)c1ccc(CN(C2CCCCC2)S(=O)(=O)c2cc(F)c(F)c(F)c2F)cc1. The average Bonchev–Trinajstić information content (AvgIpc) is 2.73. The zero-order valence-corrected chi connectivity index (χ0v) is 17.1. The molecular weight excluding hydrogens is 422 g/mol. The molecule has 9 heteroatoms. The van der Waals surface area contributed by atoms with Crippen molar-refractivity contribution in [2.45, 2.75) is 56.5 Å². The van der Waals surface area contributed by atoms with Gasteiger partial charge in [0.05, 0.1) is 0 Å². The Morgan fingerprint density at radius 3 is 2.13 bits per heavy atom. The lowest BCUT2D eigenvalue weighted by molar-refractivity contribution is 0.101. The fourth-order valence-electron chi connectivity index (χ4n) is 3.67. The molecule has 2 aromatic carbocycles. The molecule has 0 bridgehead atoms. The number of nitrogens with zero attached hydrogens (tertiary/aromatic N) is 1. The Balaban J connectivity index is 2.04. The number of sulfonamides is 1. The quantitative estimate of drug-likeness (QED) is 0.274. The molecule has 4 nitrogen and oxygen atoms in total. The molecule has 0 radical (unpaired) electrons. The van der Waals surface area contributed by atoms with Crippen LogP contribution in [-0.4, -0.2) is 24.5 Å². The zero-order valence-electron chi connectivity index (χ0n) is 16.3. The van der Waals surface area contributed by atoms with E-state index in [1.54, 1.807) is 24.3 Å². The van der Waals surface area contributed by atoms with Gasteiger partial charge in [-0.2, -0.15) is 4.31 Å². The highest BCUT2D eigenvalue weighted by atomic mass is 32.2. The standard InChI is InChI=1S/C21H21F4NO3S/c1-13(27)15-9-7-14(8-10-15)12-26(16-5-3-2-4-6-16)30(28,29)18-11-17(22)19(23)21(25)20(18)24/h7-11,16H,2-6,12H2,1H3. The first-order valence-corrected chi connectivity index (χ1v) is 11.0. The Morgan fingerprint density at radius 2 is 1.57 bits per heavy atom. The number of Topliss-reactive ketones (excluding diaryl/α,β-unsaturated/α-hetero) is 1. The van der Waals surface area contributed by atoms with Gasteiger partial charge in [-0.25, -0.2) is 26.0 Å². The van der Waals surface area contributed by atoms with Crippen LogP contribution in [0.4, 0.5) is 17.6 Å². The highest BCUT2D eigenvalue weighted by molar-refractivity contribution is 7.89. The number of hydrogen-bond acceptors (Lipinski definition) is 3. The number of halogens is 4. The molecule has 1 aliphatic rings. The third kappa shape index (κ3) is 4.41. The maximum Gasteiger partial charge on any atom is 0.246 e. The van der Waals surface area contributed by atoms with E-state index in [0.717, 1.165) is 23.6 Å². The third-order valence-corrected chi connectivity index (χ3v) is 7.23. The summed E-state index contributed by atoms with van der Waals surface area (Å²) < 4.78 is 82.6. The predicted molar refractivity (Wildman–Crippen MR) is 102 cm³/mol. The summed E-state index contributed by atoms with van der Waals surface area (Å²) in [4.78, 5) is 10.2. The second kappa shape index (κ2) is 8.85. The van der Waals surface area contributed by atoms with Gasteiger partial charge in [0.15, 0.2) is 29.1 Å². The van der Waals surface area contributed by atoms with Crippen molar-refractivity contribution in [3.63, 3.8) is 0 Å². The lowest BCUT2D eigenvalue weighted by Gasteiger charge is -2.33. The summed E-state index contributed by atoms with van der Waals surface area (Å²) in [5.74, 6) is -8.10. The Kier molecular flexibility index (Phi) is 6.62. The van der Waals surface area contributed by atoms with Gasteiger partial charge in [-0.05, 0) is 25.3 Å². The Morgan fingerprint density at radius 1 is 0.967 bits per heavy atom. The van der Waals surface area contributed by atoms with E-state index in [-0.39, 0.29) is 18.4 Å². The average molecular weight is 443 g/mol. The Labute approximate surface area is 172 Å². The van der Waals surface area contributed by atoms with Crippen molar-refractivity contribution in [2.24, 2.45) is 0 Å². The molecule has 1 saturated carbocycles. The number of benzene rings is 2. The number of carbonyl (C=O) groups excluding carboxylic acids is 1. The highest BCUT2D eigenvalue weighted by Crippen LogP contribution is 2.32. The molecule has 1 aliphatic carbocycles. The minimum Gasteiger partial charge on any atom is -0.295 e. The minimum atomic E-state index is -4.67. The van der Waals surface area contributed by atoms with Crippen LogP contribution in [0.25, 0.3) is 0 Å². The van der Waals surface area contributed by atoms with Gasteiger partial charge in [0.25, 0.3) is 0 Å². The van der Waals surface area contributed by atoms with E-state index in [2.05, 4.69) is 0 Å². The van der Waals surface area contributed by atoms with Gasteiger partial charge in [0.2, 0.25) is 10.0 Å². The van der Waals surface area contributed by atoms with Crippen molar-refractivity contribution in [2.75, 3.05) is 0 Å².